The van der Waals surface area contributed by atoms with Crippen molar-refractivity contribution in [2.75, 3.05) is 32.2 Å². The van der Waals surface area contributed by atoms with Crippen LogP contribution in [0, 0.1) is 5.92 Å². The van der Waals surface area contributed by atoms with E-state index in [0.717, 1.165) is 16.3 Å². The Hall–Kier alpha value is -3.89. The fourth-order valence-electron chi connectivity index (χ4n) is 5.30. The molecule has 0 aliphatic rings. The molecule has 3 rings (SSSR count). The first-order valence-corrected chi connectivity index (χ1v) is 16.7. The van der Waals surface area contributed by atoms with Gasteiger partial charge in [-0.2, -0.15) is 11.8 Å². The third kappa shape index (κ3) is 11.9. The molecule has 0 aliphatic carbocycles. The normalized spacial score (nSPS) is 12.6. The molecule has 0 heterocycles. The summed E-state index contributed by atoms with van der Waals surface area (Å²) in [7, 11) is 1.56. The summed E-state index contributed by atoms with van der Waals surface area (Å²) in [5.41, 5.74) is 1.55. The van der Waals surface area contributed by atoms with E-state index in [-0.39, 0.29) is 48.9 Å². The van der Waals surface area contributed by atoms with Crippen LogP contribution in [0.4, 0.5) is 0 Å². The number of amides is 2. The van der Waals surface area contributed by atoms with Crippen LogP contribution in [0.2, 0.25) is 0 Å². The van der Waals surface area contributed by atoms with Gasteiger partial charge in [-0.15, -0.1) is 0 Å². The first kappa shape index (κ1) is 35.6. The van der Waals surface area contributed by atoms with E-state index < -0.39 is 12.0 Å². The Kier molecular flexibility index (Phi) is 14.4. The lowest BCUT2D eigenvalue weighted by molar-refractivity contribution is -0.142. The molecule has 45 heavy (non-hydrogen) atoms. The fraction of sp³-hybridized carbons (Fsp3) is 0.429. The van der Waals surface area contributed by atoms with Gasteiger partial charge in [0.05, 0.1) is 13.7 Å². The zero-order chi connectivity index (χ0) is 32.8. The number of ketones is 1. The number of methoxy groups -OCH3 is 1. The molecule has 0 unspecified atom stereocenters. The van der Waals surface area contributed by atoms with Crippen molar-refractivity contribution in [2.45, 2.75) is 58.2 Å². The molecule has 0 aromatic heterocycles. The summed E-state index contributed by atoms with van der Waals surface area (Å²) in [5, 5.41) is 17.6. The molecule has 2 atom stereocenters. The number of nitrogens with zero attached hydrogens (tertiary/aromatic N) is 1. The van der Waals surface area contributed by atoms with Gasteiger partial charge in [-0.3, -0.25) is 19.3 Å². The van der Waals surface area contributed by atoms with Crippen LogP contribution in [0.5, 0.6) is 5.75 Å². The number of hydrogen-bond acceptors (Lipinski definition) is 7. The summed E-state index contributed by atoms with van der Waals surface area (Å²) in [4.78, 5) is 52.8. The minimum absolute atomic E-state index is 0.0350. The van der Waals surface area contributed by atoms with Gasteiger partial charge >= 0.3 is 5.97 Å². The predicted octanol–water partition coefficient (Wildman–Crippen LogP) is 5.17. The molecular weight excluding hydrogens is 590 g/mol. The number of ether oxygens (including phenoxy) is 1. The molecule has 10 heteroatoms. The van der Waals surface area contributed by atoms with Crippen molar-refractivity contribution >= 4 is 46.1 Å². The average molecular weight is 636 g/mol. The standard InChI is InChI=1S/C35H45N3O6S/c1-24(2)20-28(36-33(40)17-16-32(39)26-12-14-29(44-3)15-13-26)22-38(23-34(41)37-31(35(42)43)18-19-45-4)21-27-10-7-9-25-8-5-6-11-30(25)27/h5-15,24,28,31H,16-23H2,1-4H3,(H,36,40)(H,37,41)(H,42,43)/t28-,31-/m0/s1. The maximum absolute atomic E-state index is 13.2. The number of benzene rings is 3. The summed E-state index contributed by atoms with van der Waals surface area (Å²) in [6.45, 7) is 4.90. The first-order valence-electron chi connectivity index (χ1n) is 15.3. The lowest BCUT2D eigenvalue weighted by atomic mass is 10.0. The summed E-state index contributed by atoms with van der Waals surface area (Å²) >= 11 is 1.53. The summed E-state index contributed by atoms with van der Waals surface area (Å²) in [6, 6.07) is 19.6. The molecule has 0 saturated carbocycles. The molecule has 2 amide bonds. The van der Waals surface area contributed by atoms with Crippen LogP contribution < -0.4 is 15.4 Å². The van der Waals surface area contributed by atoms with Gasteiger partial charge in [0, 0.05) is 37.5 Å². The van der Waals surface area contributed by atoms with Crippen LogP contribution in [-0.2, 0) is 20.9 Å². The van der Waals surface area contributed by atoms with Crippen LogP contribution in [0.3, 0.4) is 0 Å². The molecule has 0 radical (unpaired) electrons. The first-order chi connectivity index (χ1) is 21.6. The highest BCUT2D eigenvalue weighted by atomic mass is 32.2. The maximum atomic E-state index is 13.2. The number of fused-ring (bicyclic) bond motifs is 1. The molecule has 0 spiro atoms. The van der Waals surface area contributed by atoms with Gasteiger partial charge in [-0.1, -0.05) is 56.3 Å². The van der Waals surface area contributed by atoms with Crippen LogP contribution in [-0.4, -0.2) is 77.9 Å². The van der Waals surface area contributed by atoms with E-state index in [1.54, 1.807) is 31.4 Å². The van der Waals surface area contributed by atoms with Gasteiger partial charge in [-0.25, -0.2) is 4.79 Å². The van der Waals surface area contributed by atoms with Gasteiger partial charge < -0.3 is 20.5 Å². The second kappa shape index (κ2) is 18.2. The molecule has 242 valence electrons. The Labute approximate surface area is 270 Å². The third-order valence-electron chi connectivity index (χ3n) is 7.48. The van der Waals surface area contributed by atoms with E-state index in [0.29, 0.717) is 43.0 Å². The van der Waals surface area contributed by atoms with Crippen LogP contribution in [0.1, 0.15) is 55.5 Å². The van der Waals surface area contributed by atoms with E-state index in [2.05, 4.69) is 24.5 Å². The molecule has 0 bridgehead atoms. The number of carboxylic acid groups (broad SMARTS) is 1. The van der Waals surface area contributed by atoms with Crippen molar-refractivity contribution in [1.82, 2.24) is 15.5 Å². The van der Waals surface area contributed by atoms with Crippen LogP contribution in [0.25, 0.3) is 10.8 Å². The zero-order valence-electron chi connectivity index (χ0n) is 26.6. The lowest BCUT2D eigenvalue weighted by Gasteiger charge is -2.29. The molecule has 0 saturated heterocycles. The van der Waals surface area contributed by atoms with E-state index >= 15 is 0 Å². The highest BCUT2D eigenvalue weighted by Gasteiger charge is 2.24. The van der Waals surface area contributed by atoms with E-state index in [4.69, 9.17) is 4.74 Å². The number of aliphatic carboxylic acids is 1. The zero-order valence-corrected chi connectivity index (χ0v) is 27.4. The van der Waals surface area contributed by atoms with E-state index in [1.807, 2.05) is 53.6 Å². The highest BCUT2D eigenvalue weighted by Crippen LogP contribution is 2.21. The summed E-state index contributed by atoms with van der Waals surface area (Å²) in [6.07, 6.45) is 3.00. The number of carbonyl (C=O) groups is 4. The number of hydrogen-bond donors (Lipinski definition) is 3. The van der Waals surface area contributed by atoms with Crippen LogP contribution >= 0.6 is 11.8 Å². The Morgan fingerprint density at radius 2 is 1.62 bits per heavy atom. The Bertz CT molecular complexity index is 1420. The molecule has 3 aromatic carbocycles. The van der Waals surface area contributed by atoms with Gasteiger partial charge in [-0.05, 0) is 71.4 Å². The topological polar surface area (TPSA) is 125 Å². The van der Waals surface area contributed by atoms with Crippen molar-refractivity contribution < 1.29 is 29.0 Å². The second-order valence-electron chi connectivity index (χ2n) is 11.6. The number of nitrogens with one attached hydrogen (secondary N) is 2. The van der Waals surface area contributed by atoms with Crippen molar-refractivity contribution in [3.05, 3.63) is 77.9 Å². The number of carbonyl (C=O) groups excluding carboxylic acids is 3. The fourth-order valence-corrected chi connectivity index (χ4v) is 5.77. The lowest BCUT2D eigenvalue weighted by Crippen LogP contribution is -2.49. The number of carboxylic acids is 1. The summed E-state index contributed by atoms with van der Waals surface area (Å²) < 4.78 is 5.15. The van der Waals surface area contributed by atoms with Crippen molar-refractivity contribution in [2.24, 2.45) is 5.92 Å². The largest absolute Gasteiger partial charge is 0.497 e. The van der Waals surface area contributed by atoms with Gasteiger partial charge in [0.2, 0.25) is 11.8 Å². The Morgan fingerprint density at radius 1 is 0.911 bits per heavy atom. The quantitative estimate of drug-likeness (QED) is 0.154. The Balaban J connectivity index is 1.75. The number of Topliss-reactive ketones (excluding diaryl/α,β-unsaturated/α-hetero) is 1. The molecule has 0 aliphatic heterocycles. The van der Waals surface area contributed by atoms with E-state index in [9.17, 15) is 24.3 Å². The molecule has 9 nitrogen and oxygen atoms in total. The van der Waals surface area contributed by atoms with Crippen molar-refractivity contribution in [3.8, 4) is 5.75 Å². The monoisotopic (exact) mass is 635 g/mol. The van der Waals surface area contributed by atoms with Gasteiger partial charge in [0.25, 0.3) is 0 Å². The van der Waals surface area contributed by atoms with Crippen molar-refractivity contribution in [1.29, 1.82) is 0 Å². The molecule has 0 fully saturated rings. The highest BCUT2D eigenvalue weighted by molar-refractivity contribution is 7.98. The second-order valence-corrected chi connectivity index (χ2v) is 12.6. The van der Waals surface area contributed by atoms with Crippen LogP contribution in [0.15, 0.2) is 66.7 Å². The minimum Gasteiger partial charge on any atom is -0.497 e. The van der Waals surface area contributed by atoms with E-state index in [1.165, 1.54) is 11.8 Å². The number of rotatable bonds is 19. The molecule has 3 aromatic rings. The predicted molar refractivity (Wildman–Crippen MR) is 180 cm³/mol. The molecular formula is C35H45N3O6S. The van der Waals surface area contributed by atoms with Gasteiger partial charge in [0.15, 0.2) is 5.78 Å². The van der Waals surface area contributed by atoms with Gasteiger partial charge in [0.1, 0.15) is 11.8 Å². The summed E-state index contributed by atoms with van der Waals surface area (Å²) in [5.74, 6) is -0.290. The Morgan fingerprint density at radius 3 is 2.29 bits per heavy atom. The third-order valence-corrected chi connectivity index (χ3v) is 8.12. The smallest absolute Gasteiger partial charge is 0.326 e. The molecule has 3 N–H and O–H groups in total. The maximum Gasteiger partial charge on any atom is 0.326 e. The number of thioether (sulfide) groups is 1. The van der Waals surface area contributed by atoms with Crippen molar-refractivity contribution in [3.63, 3.8) is 0 Å². The average Bonchev–Trinajstić information content (AvgIpc) is 3.01. The minimum atomic E-state index is -1.06. The SMILES string of the molecule is COc1ccc(C(=O)CCC(=O)N[C@@H](CC(C)C)CN(CC(=O)N[C@@H](CCSC)C(=O)O)Cc2cccc3ccccc23)cc1.